The quantitative estimate of drug-likeness (QED) is 0.894. The number of carbonyl (C=O) groups excluding carboxylic acids is 1. The van der Waals surface area contributed by atoms with Crippen LogP contribution in [0.2, 0.25) is 0 Å². The highest BCUT2D eigenvalue weighted by Crippen LogP contribution is 2.10. The molecule has 3 heteroatoms. The summed E-state index contributed by atoms with van der Waals surface area (Å²) in [6.07, 6.45) is 1.28. The zero-order chi connectivity index (χ0) is 13.7. The van der Waals surface area contributed by atoms with Crippen LogP contribution >= 0.6 is 0 Å². The average molecular weight is 257 g/mol. The van der Waals surface area contributed by atoms with Crippen LogP contribution in [-0.4, -0.2) is 5.91 Å². The standard InChI is InChI=1S/C16H19NO2/c1-12-5-3-4-6-14(12)8-10-16(18)17-11-15-9-7-13(2)19-15/h3-7,9H,8,10-11H2,1-2H3,(H,17,18). The Bertz CT molecular complexity index is 557. The molecule has 0 aliphatic heterocycles. The minimum absolute atomic E-state index is 0.0531. The first-order chi connectivity index (χ1) is 9.15. The van der Waals surface area contributed by atoms with Crippen molar-refractivity contribution in [3.63, 3.8) is 0 Å². The van der Waals surface area contributed by atoms with Gasteiger partial charge in [0.25, 0.3) is 0 Å². The van der Waals surface area contributed by atoms with E-state index >= 15 is 0 Å². The molecule has 2 rings (SSSR count). The number of carbonyl (C=O) groups is 1. The number of hydrogen-bond acceptors (Lipinski definition) is 2. The van der Waals surface area contributed by atoms with Gasteiger partial charge in [0.2, 0.25) is 5.91 Å². The highest BCUT2D eigenvalue weighted by Gasteiger charge is 2.05. The van der Waals surface area contributed by atoms with Crippen molar-refractivity contribution in [1.82, 2.24) is 5.32 Å². The Labute approximate surface area is 113 Å². The van der Waals surface area contributed by atoms with Crippen molar-refractivity contribution in [1.29, 1.82) is 0 Å². The second-order valence-corrected chi connectivity index (χ2v) is 4.72. The Hall–Kier alpha value is -2.03. The molecule has 0 aliphatic carbocycles. The second kappa shape index (κ2) is 6.23. The summed E-state index contributed by atoms with van der Waals surface area (Å²) in [7, 11) is 0. The van der Waals surface area contributed by atoms with Crippen molar-refractivity contribution in [3.05, 3.63) is 59.0 Å². The van der Waals surface area contributed by atoms with Crippen molar-refractivity contribution in [2.24, 2.45) is 0 Å². The maximum absolute atomic E-state index is 11.8. The fraction of sp³-hybridized carbons (Fsp3) is 0.312. The highest BCUT2D eigenvalue weighted by atomic mass is 16.3. The smallest absolute Gasteiger partial charge is 0.220 e. The van der Waals surface area contributed by atoms with Gasteiger partial charge in [-0.2, -0.15) is 0 Å². The fourth-order valence-corrected chi connectivity index (χ4v) is 1.99. The third-order valence-electron chi connectivity index (χ3n) is 3.14. The molecule has 0 fully saturated rings. The maximum atomic E-state index is 11.8. The van der Waals surface area contributed by atoms with Crippen LogP contribution in [0.5, 0.6) is 0 Å². The zero-order valence-electron chi connectivity index (χ0n) is 11.4. The van der Waals surface area contributed by atoms with Crippen LogP contribution in [0.4, 0.5) is 0 Å². The molecule has 2 aromatic rings. The molecule has 0 aliphatic rings. The number of aryl methyl sites for hydroxylation is 3. The minimum Gasteiger partial charge on any atom is -0.465 e. The normalized spacial score (nSPS) is 10.4. The molecule has 19 heavy (non-hydrogen) atoms. The highest BCUT2D eigenvalue weighted by molar-refractivity contribution is 5.76. The molecule has 0 bridgehead atoms. The molecule has 0 saturated heterocycles. The van der Waals surface area contributed by atoms with Crippen molar-refractivity contribution in [2.75, 3.05) is 0 Å². The molecule has 1 amide bonds. The number of furan rings is 1. The van der Waals surface area contributed by atoms with E-state index in [-0.39, 0.29) is 5.91 Å². The first-order valence-electron chi connectivity index (χ1n) is 6.51. The van der Waals surface area contributed by atoms with Gasteiger partial charge in [-0.25, -0.2) is 0 Å². The largest absolute Gasteiger partial charge is 0.465 e. The van der Waals surface area contributed by atoms with Gasteiger partial charge in [0.15, 0.2) is 0 Å². The summed E-state index contributed by atoms with van der Waals surface area (Å²) < 4.78 is 5.40. The topological polar surface area (TPSA) is 42.2 Å². The Kier molecular flexibility index (Phi) is 4.39. The van der Waals surface area contributed by atoms with Crippen LogP contribution in [0, 0.1) is 13.8 Å². The van der Waals surface area contributed by atoms with E-state index in [0.29, 0.717) is 13.0 Å². The number of nitrogens with one attached hydrogen (secondary N) is 1. The lowest BCUT2D eigenvalue weighted by Crippen LogP contribution is -2.22. The molecular weight excluding hydrogens is 238 g/mol. The van der Waals surface area contributed by atoms with Crippen molar-refractivity contribution >= 4 is 5.91 Å². The van der Waals surface area contributed by atoms with E-state index in [1.54, 1.807) is 0 Å². The molecule has 0 spiro atoms. The van der Waals surface area contributed by atoms with Crippen LogP contribution in [0.3, 0.4) is 0 Å². The molecule has 1 aromatic carbocycles. The number of rotatable bonds is 5. The van der Waals surface area contributed by atoms with E-state index < -0.39 is 0 Å². The van der Waals surface area contributed by atoms with E-state index in [9.17, 15) is 4.79 Å². The van der Waals surface area contributed by atoms with Crippen LogP contribution in [0.15, 0.2) is 40.8 Å². The van der Waals surface area contributed by atoms with Gasteiger partial charge in [-0.3, -0.25) is 4.79 Å². The SMILES string of the molecule is Cc1ccc(CNC(=O)CCc2ccccc2C)o1. The first-order valence-corrected chi connectivity index (χ1v) is 6.51. The molecule has 0 atom stereocenters. The molecule has 0 saturated carbocycles. The predicted molar refractivity (Wildman–Crippen MR) is 74.8 cm³/mol. The van der Waals surface area contributed by atoms with Gasteiger partial charge < -0.3 is 9.73 Å². The molecule has 1 heterocycles. The van der Waals surface area contributed by atoms with Gasteiger partial charge >= 0.3 is 0 Å². The molecule has 1 N–H and O–H groups in total. The van der Waals surface area contributed by atoms with Crippen LogP contribution in [0.1, 0.15) is 29.1 Å². The molecule has 0 radical (unpaired) electrons. The molecule has 0 unspecified atom stereocenters. The zero-order valence-corrected chi connectivity index (χ0v) is 11.4. The summed E-state index contributed by atoms with van der Waals surface area (Å²) in [5.41, 5.74) is 2.46. The lowest BCUT2D eigenvalue weighted by atomic mass is 10.0. The van der Waals surface area contributed by atoms with Crippen LogP contribution < -0.4 is 5.32 Å². The lowest BCUT2D eigenvalue weighted by molar-refractivity contribution is -0.121. The Morgan fingerprint density at radius 2 is 1.95 bits per heavy atom. The van der Waals surface area contributed by atoms with E-state index in [4.69, 9.17) is 4.42 Å². The van der Waals surface area contributed by atoms with E-state index in [1.807, 2.05) is 31.2 Å². The number of hydrogen-bond donors (Lipinski definition) is 1. The number of amides is 1. The third-order valence-corrected chi connectivity index (χ3v) is 3.14. The summed E-state index contributed by atoms with van der Waals surface area (Å²) in [6.45, 7) is 4.42. The summed E-state index contributed by atoms with van der Waals surface area (Å²) in [4.78, 5) is 11.8. The Balaban J connectivity index is 1.77. The summed E-state index contributed by atoms with van der Waals surface area (Å²) >= 11 is 0. The molecule has 3 nitrogen and oxygen atoms in total. The Morgan fingerprint density at radius 1 is 1.16 bits per heavy atom. The summed E-state index contributed by atoms with van der Waals surface area (Å²) in [5, 5.41) is 2.87. The van der Waals surface area contributed by atoms with Crippen molar-refractivity contribution < 1.29 is 9.21 Å². The molecule has 1 aromatic heterocycles. The van der Waals surface area contributed by atoms with Crippen LogP contribution in [0.25, 0.3) is 0 Å². The van der Waals surface area contributed by atoms with Crippen LogP contribution in [-0.2, 0) is 17.8 Å². The van der Waals surface area contributed by atoms with Gasteiger partial charge in [-0.05, 0) is 43.5 Å². The second-order valence-electron chi connectivity index (χ2n) is 4.72. The fourth-order valence-electron chi connectivity index (χ4n) is 1.99. The van der Waals surface area contributed by atoms with E-state index in [1.165, 1.54) is 11.1 Å². The third kappa shape index (κ3) is 3.98. The lowest BCUT2D eigenvalue weighted by Gasteiger charge is -2.06. The van der Waals surface area contributed by atoms with Gasteiger partial charge in [0.1, 0.15) is 11.5 Å². The molecular formula is C16H19NO2. The molecule has 100 valence electrons. The summed E-state index contributed by atoms with van der Waals surface area (Å²) in [5.74, 6) is 1.71. The average Bonchev–Trinajstić information content (AvgIpc) is 2.81. The predicted octanol–water partition coefficient (Wildman–Crippen LogP) is 3.15. The first kappa shape index (κ1) is 13.4. The van der Waals surface area contributed by atoms with Gasteiger partial charge in [0.05, 0.1) is 6.54 Å². The van der Waals surface area contributed by atoms with Crippen molar-refractivity contribution in [2.45, 2.75) is 33.2 Å². The maximum Gasteiger partial charge on any atom is 0.220 e. The van der Waals surface area contributed by atoms with Gasteiger partial charge in [-0.1, -0.05) is 24.3 Å². The number of benzene rings is 1. The Morgan fingerprint density at radius 3 is 2.63 bits per heavy atom. The van der Waals surface area contributed by atoms with Gasteiger partial charge in [0, 0.05) is 6.42 Å². The van der Waals surface area contributed by atoms with Gasteiger partial charge in [-0.15, -0.1) is 0 Å². The summed E-state index contributed by atoms with van der Waals surface area (Å²) in [6, 6.07) is 11.9. The van der Waals surface area contributed by atoms with Crippen molar-refractivity contribution in [3.8, 4) is 0 Å². The minimum atomic E-state index is 0.0531. The van der Waals surface area contributed by atoms with E-state index in [0.717, 1.165) is 17.9 Å². The van der Waals surface area contributed by atoms with E-state index in [2.05, 4.69) is 24.4 Å². The monoisotopic (exact) mass is 257 g/mol.